The van der Waals surface area contributed by atoms with Gasteiger partial charge in [0.05, 0.1) is 11.6 Å². The summed E-state index contributed by atoms with van der Waals surface area (Å²) in [5, 5.41) is 31.6. The number of aliphatic hydroxyl groups excluding tert-OH is 1. The van der Waals surface area contributed by atoms with Crippen molar-refractivity contribution in [2.24, 2.45) is 0 Å². The normalized spacial score (nSPS) is 12.3. The van der Waals surface area contributed by atoms with Crippen LogP contribution in [0.3, 0.4) is 0 Å². The number of phenols is 1. The molecule has 3 N–H and O–H groups in total. The third-order valence-corrected chi connectivity index (χ3v) is 5.24. The Hall–Kier alpha value is -3.29. The molecule has 0 unspecified atom stereocenters. The van der Waals surface area contributed by atoms with E-state index in [0.717, 1.165) is 3.57 Å². The predicted octanol–water partition coefficient (Wildman–Crippen LogP) is 4.99. The molecule has 8 heteroatoms. The van der Waals surface area contributed by atoms with Gasteiger partial charge in [0.15, 0.2) is 6.10 Å². The molecule has 3 aromatic carbocycles. The molecule has 7 nitrogen and oxygen atoms in total. The van der Waals surface area contributed by atoms with Gasteiger partial charge in [0.25, 0.3) is 0 Å². The molecule has 0 heterocycles. The first kappa shape index (κ1) is 23.4. The number of anilines is 1. The molecule has 3 aromatic rings. The molecule has 1 amide bonds. The number of carbonyl (C=O) groups excluding carboxylic acids is 1. The van der Waals surface area contributed by atoms with Crippen LogP contribution in [-0.2, 0) is 4.74 Å². The Kier molecular flexibility index (Phi) is 8.30. The van der Waals surface area contributed by atoms with Crippen LogP contribution in [0.25, 0.3) is 0 Å². The highest BCUT2D eigenvalue weighted by atomic mass is 127. The highest BCUT2D eigenvalue weighted by Crippen LogP contribution is 2.34. The standard InChI is InChI=1S/C24H21IN2O5/c25-17-8-11-21(29)20(14-17)23(22(12-13-28)31-19-4-2-1-3-5-19)32-24(30)27-18-9-6-16(15-26)7-10-18/h1-11,14,22-23,28-29H,12-13H2,(H,27,30)/t22-,23-/m0/s1. The van der Waals surface area contributed by atoms with E-state index in [9.17, 15) is 15.0 Å². The number of aliphatic hydroxyl groups is 1. The lowest BCUT2D eigenvalue weighted by atomic mass is 10.0. The third-order valence-electron chi connectivity index (χ3n) is 4.57. The third kappa shape index (κ3) is 6.35. The van der Waals surface area contributed by atoms with Crippen molar-refractivity contribution in [3.63, 3.8) is 0 Å². The van der Waals surface area contributed by atoms with E-state index in [4.69, 9.17) is 14.7 Å². The minimum absolute atomic E-state index is 0.0545. The van der Waals surface area contributed by atoms with E-state index in [1.54, 1.807) is 48.5 Å². The minimum atomic E-state index is -1.00. The van der Waals surface area contributed by atoms with Crippen LogP contribution in [0.15, 0.2) is 72.8 Å². The van der Waals surface area contributed by atoms with Crippen LogP contribution in [0, 0.1) is 14.9 Å². The lowest BCUT2D eigenvalue weighted by Gasteiger charge is -2.28. The van der Waals surface area contributed by atoms with Crippen molar-refractivity contribution in [3.8, 4) is 17.6 Å². The van der Waals surface area contributed by atoms with Crippen LogP contribution >= 0.6 is 22.6 Å². The van der Waals surface area contributed by atoms with Crippen molar-refractivity contribution >= 4 is 34.4 Å². The molecule has 164 valence electrons. The van der Waals surface area contributed by atoms with Gasteiger partial charge >= 0.3 is 6.09 Å². The summed E-state index contributed by atoms with van der Waals surface area (Å²) < 4.78 is 12.6. The maximum atomic E-state index is 12.7. The van der Waals surface area contributed by atoms with Crippen molar-refractivity contribution in [2.75, 3.05) is 11.9 Å². The number of halogens is 1. The number of phenolic OH excluding ortho intramolecular Hbond substituents is 1. The number of rotatable bonds is 8. The van der Waals surface area contributed by atoms with Crippen molar-refractivity contribution in [3.05, 3.63) is 87.5 Å². The van der Waals surface area contributed by atoms with E-state index in [0.29, 0.717) is 22.6 Å². The summed E-state index contributed by atoms with van der Waals surface area (Å²) in [5.41, 5.74) is 1.27. The Bertz CT molecular complexity index is 1080. The molecule has 3 rings (SSSR count). The van der Waals surface area contributed by atoms with Crippen molar-refractivity contribution in [2.45, 2.75) is 18.6 Å². The number of amides is 1. The number of ether oxygens (including phenoxy) is 2. The molecule has 0 fully saturated rings. The summed E-state index contributed by atoms with van der Waals surface area (Å²) in [6.07, 6.45) is -2.37. The zero-order valence-corrected chi connectivity index (χ0v) is 19.1. The van der Waals surface area contributed by atoms with Gasteiger partial charge in [-0.05, 0) is 77.2 Å². The lowest BCUT2D eigenvalue weighted by Crippen LogP contribution is -2.32. The molecule has 32 heavy (non-hydrogen) atoms. The second kappa shape index (κ2) is 11.4. The van der Waals surface area contributed by atoms with E-state index in [1.807, 2.05) is 24.3 Å². The van der Waals surface area contributed by atoms with Gasteiger partial charge in [-0.2, -0.15) is 5.26 Å². The van der Waals surface area contributed by atoms with Gasteiger partial charge in [-0.25, -0.2) is 4.79 Å². The fourth-order valence-corrected chi connectivity index (χ4v) is 3.57. The number of nitrogens with one attached hydrogen (secondary N) is 1. The van der Waals surface area contributed by atoms with Crippen molar-refractivity contribution in [1.29, 1.82) is 5.26 Å². The number of carbonyl (C=O) groups is 1. The number of hydrogen-bond acceptors (Lipinski definition) is 6. The van der Waals surface area contributed by atoms with Crippen molar-refractivity contribution < 1.29 is 24.5 Å². The molecule has 2 atom stereocenters. The fourth-order valence-electron chi connectivity index (χ4n) is 3.06. The van der Waals surface area contributed by atoms with Gasteiger partial charge in [0.2, 0.25) is 0 Å². The number of hydrogen-bond donors (Lipinski definition) is 3. The number of nitrogens with zero attached hydrogens (tertiary/aromatic N) is 1. The molecular weight excluding hydrogens is 523 g/mol. The molecule has 0 aliphatic heterocycles. The van der Waals surface area contributed by atoms with Gasteiger partial charge in [-0.15, -0.1) is 0 Å². The van der Waals surface area contributed by atoms with E-state index in [1.165, 1.54) is 6.07 Å². The van der Waals surface area contributed by atoms with Crippen LogP contribution in [0.5, 0.6) is 11.5 Å². The van der Waals surface area contributed by atoms with Gasteiger partial charge in [-0.3, -0.25) is 5.32 Å². The average Bonchev–Trinajstić information content (AvgIpc) is 2.80. The molecule has 0 bridgehead atoms. The second-order valence-electron chi connectivity index (χ2n) is 6.82. The summed E-state index contributed by atoms with van der Waals surface area (Å²) >= 11 is 2.10. The number of aromatic hydroxyl groups is 1. The summed E-state index contributed by atoms with van der Waals surface area (Å²) in [6.45, 7) is -0.209. The molecular formula is C24H21IN2O5. The van der Waals surface area contributed by atoms with Crippen LogP contribution in [0.1, 0.15) is 23.7 Å². The monoisotopic (exact) mass is 544 g/mol. The number of benzene rings is 3. The van der Waals surface area contributed by atoms with Crippen molar-refractivity contribution in [1.82, 2.24) is 0 Å². The zero-order valence-electron chi connectivity index (χ0n) is 16.9. The van der Waals surface area contributed by atoms with E-state index >= 15 is 0 Å². The van der Waals surface area contributed by atoms with Gasteiger partial charge in [-0.1, -0.05) is 18.2 Å². The smallest absolute Gasteiger partial charge is 0.412 e. The van der Waals surface area contributed by atoms with E-state index in [-0.39, 0.29) is 18.8 Å². The summed E-state index contributed by atoms with van der Waals surface area (Å²) in [5.74, 6) is 0.485. The molecule has 0 saturated carbocycles. The largest absolute Gasteiger partial charge is 0.508 e. The van der Waals surface area contributed by atoms with Gasteiger partial charge in [0.1, 0.15) is 17.6 Å². The van der Waals surface area contributed by atoms with E-state index < -0.39 is 18.3 Å². The first-order valence-electron chi connectivity index (χ1n) is 9.79. The Morgan fingerprint density at radius 3 is 2.47 bits per heavy atom. The predicted molar refractivity (Wildman–Crippen MR) is 127 cm³/mol. The van der Waals surface area contributed by atoms with Gasteiger partial charge in [0, 0.05) is 27.8 Å². The average molecular weight is 544 g/mol. The summed E-state index contributed by atoms with van der Waals surface area (Å²) in [4.78, 5) is 12.7. The SMILES string of the molecule is N#Cc1ccc(NC(=O)O[C@@H](c2cc(I)ccc2O)[C@H](CCO)Oc2ccccc2)cc1. The molecule has 0 spiro atoms. The zero-order chi connectivity index (χ0) is 22.9. The summed E-state index contributed by atoms with van der Waals surface area (Å²) in [7, 11) is 0. The molecule has 0 saturated heterocycles. The topological polar surface area (TPSA) is 112 Å². The number of nitriles is 1. The molecule has 0 aromatic heterocycles. The highest BCUT2D eigenvalue weighted by molar-refractivity contribution is 14.1. The van der Waals surface area contributed by atoms with E-state index in [2.05, 4.69) is 27.9 Å². The van der Waals surface area contributed by atoms with Crippen LogP contribution in [0.4, 0.5) is 10.5 Å². The van der Waals surface area contributed by atoms with Crippen LogP contribution in [0.2, 0.25) is 0 Å². The maximum absolute atomic E-state index is 12.7. The Labute approximate surface area is 199 Å². The maximum Gasteiger partial charge on any atom is 0.412 e. The Morgan fingerprint density at radius 1 is 1.09 bits per heavy atom. The second-order valence-corrected chi connectivity index (χ2v) is 8.07. The summed E-state index contributed by atoms with van der Waals surface area (Å²) in [6, 6.07) is 22.3. The lowest BCUT2D eigenvalue weighted by molar-refractivity contribution is 0.00796. The van der Waals surface area contributed by atoms with Crippen LogP contribution in [-0.4, -0.2) is 29.0 Å². The molecule has 0 radical (unpaired) electrons. The first-order valence-corrected chi connectivity index (χ1v) is 10.9. The highest BCUT2D eigenvalue weighted by Gasteiger charge is 2.31. The quantitative estimate of drug-likeness (QED) is 0.345. The minimum Gasteiger partial charge on any atom is -0.508 e. The van der Waals surface area contributed by atoms with Gasteiger partial charge < -0.3 is 19.7 Å². The Balaban J connectivity index is 1.88. The number of para-hydroxylation sites is 1. The fraction of sp³-hybridized carbons (Fsp3) is 0.167. The molecule has 0 aliphatic rings. The Morgan fingerprint density at radius 2 is 1.81 bits per heavy atom. The van der Waals surface area contributed by atoms with Crippen LogP contribution < -0.4 is 10.1 Å². The first-order chi connectivity index (χ1) is 15.5. The molecule has 0 aliphatic carbocycles.